The van der Waals surface area contributed by atoms with Crippen molar-refractivity contribution in [2.45, 2.75) is 169 Å². The van der Waals surface area contributed by atoms with Gasteiger partial charge < -0.3 is 85.8 Å². The predicted octanol–water partition coefficient (Wildman–Crippen LogP) is 0.145. The topological polar surface area (TPSA) is 321 Å². The van der Waals surface area contributed by atoms with Crippen LogP contribution in [0.15, 0.2) is 85.1 Å². The summed E-state index contributed by atoms with van der Waals surface area (Å²) >= 11 is 0. The highest BCUT2D eigenvalue weighted by Gasteiger charge is 2.50. The van der Waals surface area contributed by atoms with Crippen LogP contribution in [0.4, 0.5) is 0 Å². The third kappa shape index (κ3) is 21.7. The van der Waals surface area contributed by atoms with Crippen molar-refractivity contribution in [3.05, 3.63) is 85.1 Å². The number of carbonyl (C=O) groups is 2. The Morgan fingerprint density at radius 2 is 1.35 bits per heavy atom. The number of nitrogens with one attached hydrogen (secondary N) is 1. The number of carbonyl (C=O) groups excluding carboxylic acids is 2. The van der Waals surface area contributed by atoms with Gasteiger partial charge in [-0.2, -0.15) is 0 Å². The van der Waals surface area contributed by atoms with E-state index in [9.17, 15) is 60.7 Å². The zero-order valence-electron chi connectivity index (χ0n) is 39.4. The fourth-order valence-corrected chi connectivity index (χ4v) is 8.06. The van der Waals surface area contributed by atoms with Crippen molar-refractivity contribution >= 4 is 11.9 Å². The summed E-state index contributed by atoms with van der Waals surface area (Å²) in [5, 5.41) is 111. The van der Waals surface area contributed by atoms with E-state index < -0.39 is 135 Å². The van der Waals surface area contributed by atoms with E-state index in [1.807, 2.05) is 37.3 Å². The number of hydrogen-bond donors (Lipinski definition) is 12. The first-order valence-corrected chi connectivity index (χ1v) is 23.5. The molecule has 3 rings (SSSR count). The number of esters is 1. The molecule has 68 heavy (non-hydrogen) atoms. The summed E-state index contributed by atoms with van der Waals surface area (Å²) in [6, 6.07) is -1.11. The number of aliphatic hydroxyl groups is 10. The second-order valence-corrected chi connectivity index (χ2v) is 18.0. The van der Waals surface area contributed by atoms with Crippen molar-refractivity contribution in [3.8, 4) is 0 Å². The quantitative estimate of drug-likeness (QED) is 0.119. The highest BCUT2D eigenvalue weighted by Crippen LogP contribution is 2.38. The summed E-state index contributed by atoms with van der Waals surface area (Å²) in [7, 11) is 1.51. The van der Waals surface area contributed by atoms with E-state index >= 15 is 0 Å². The van der Waals surface area contributed by atoms with Crippen LogP contribution in [0, 0.1) is 11.8 Å². The second kappa shape index (κ2) is 31.0. The van der Waals surface area contributed by atoms with Crippen LogP contribution >= 0.6 is 0 Å². The molecule has 386 valence electrons. The Hall–Kier alpha value is -3.48. The van der Waals surface area contributed by atoms with Crippen LogP contribution in [0.1, 0.15) is 78.1 Å². The maximum Gasteiger partial charge on any atom is 0.308 e. The lowest BCUT2D eigenvalue weighted by atomic mass is 9.82. The molecule has 3 heterocycles. The van der Waals surface area contributed by atoms with Gasteiger partial charge in [0.05, 0.1) is 86.0 Å². The predicted molar refractivity (Wildman–Crippen MR) is 250 cm³/mol. The molecule has 0 aromatic heterocycles. The van der Waals surface area contributed by atoms with Crippen LogP contribution in [0.25, 0.3) is 0 Å². The minimum atomic E-state index is -2.26. The summed E-state index contributed by atoms with van der Waals surface area (Å²) in [6.07, 6.45) is 6.37. The van der Waals surface area contributed by atoms with Gasteiger partial charge >= 0.3 is 5.97 Å². The molecule has 17 atom stereocenters. The summed E-state index contributed by atoms with van der Waals surface area (Å²) in [4.78, 5) is 26.2. The second-order valence-electron chi connectivity index (χ2n) is 18.0. The largest absolute Gasteiger partial charge is 0.462 e. The number of nitrogens with two attached hydrogens (primary N) is 1. The normalized spacial score (nSPS) is 41.8. The molecule has 19 heteroatoms. The highest BCUT2D eigenvalue weighted by atomic mass is 16.7. The van der Waals surface area contributed by atoms with E-state index in [2.05, 4.69) is 5.32 Å². The molecule has 3 aliphatic rings. The van der Waals surface area contributed by atoms with Crippen molar-refractivity contribution in [1.82, 2.24) is 5.32 Å². The van der Waals surface area contributed by atoms with E-state index in [-0.39, 0.29) is 51.2 Å². The maximum absolute atomic E-state index is 13.7. The van der Waals surface area contributed by atoms with Gasteiger partial charge in [0.1, 0.15) is 12.2 Å². The number of aliphatic hydroxyl groups excluding tert-OH is 9. The SMILES string of the molecule is COCCCNC(=O)C1[C@@H]2CC(O[C@@H]3OC[C@@H](O)[C@H](N)[C@@H]3O)/C=C/C=C/C=C/C=C/C=C/C=C/C=C/[C@H](C)[C@@H](O)C[C@H](C)OC(=O)CC(O)C[C@H](O)CCC(O)C(O)CC(O)CC(O)(C[C@@H]1O)O2. The summed E-state index contributed by atoms with van der Waals surface area (Å²) in [5.41, 5.74) is 6.01. The number of fused-ring (bicyclic) bond motifs is 2. The third-order valence-electron chi connectivity index (χ3n) is 11.9. The van der Waals surface area contributed by atoms with Gasteiger partial charge in [-0.15, -0.1) is 0 Å². The first-order valence-electron chi connectivity index (χ1n) is 23.5. The van der Waals surface area contributed by atoms with Gasteiger partial charge in [-0.3, -0.25) is 9.59 Å². The lowest BCUT2D eigenvalue weighted by Gasteiger charge is -2.45. The van der Waals surface area contributed by atoms with Crippen LogP contribution in [-0.4, -0.2) is 181 Å². The van der Waals surface area contributed by atoms with Gasteiger partial charge in [0.25, 0.3) is 0 Å². The van der Waals surface area contributed by atoms with Crippen LogP contribution in [0.3, 0.4) is 0 Å². The Labute approximate surface area is 399 Å². The standard InChI is InChI=1S/C49H78N2O17/c1-31-17-14-12-10-8-6-4-5-7-9-11-13-15-18-36(67-48-46(61)45(50)41(59)30-65-48)27-42-44(47(62)51-21-16-22-64-3)40(58)29-49(63,68-42)28-35(54)25-39(57)37(55)20-19-33(52)24-34(53)26-43(60)66-32(2)23-38(31)56/h4-15,17-18,31-42,44-46,48,52-59,61,63H,16,19-30,50H2,1-3H3,(H,51,62)/b5-4+,8-6+,9-7+,12-10+,13-11+,17-14+,18-15+/t31-,32-,33+,34?,35?,36?,37?,38-,39?,40-,41+,42-,44?,45-,46-,48-,49?/m0/s1. The Kier molecular flexibility index (Phi) is 26.8. The van der Waals surface area contributed by atoms with E-state index in [0.29, 0.717) is 13.0 Å². The summed E-state index contributed by atoms with van der Waals surface area (Å²) < 4.78 is 28.4. The molecule has 2 saturated heterocycles. The minimum Gasteiger partial charge on any atom is -0.462 e. The van der Waals surface area contributed by atoms with Crippen molar-refractivity contribution in [3.63, 3.8) is 0 Å². The molecular weight excluding hydrogens is 889 g/mol. The zero-order valence-corrected chi connectivity index (χ0v) is 39.4. The average Bonchev–Trinajstić information content (AvgIpc) is 3.26. The molecule has 2 bridgehead atoms. The molecule has 1 amide bonds. The van der Waals surface area contributed by atoms with Gasteiger partial charge in [0, 0.05) is 58.3 Å². The Balaban J connectivity index is 1.89. The van der Waals surface area contributed by atoms with Crippen LogP contribution in [-0.2, 0) is 33.3 Å². The molecule has 13 N–H and O–H groups in total. The molecular formula is C49H78N2O17. The number of hydrogen-bond acceptors (Lipinski definition) is 18. The first-order chi connectivity index (χ1) is 32.3. The van der Waals surface area contributed by atoms with E-state index in [1.165, 1.54) is 7.11 Å². The maximum atomic E-state index is 13.7. The van der Waals surface area contributed by atoms with Crippen LogP contribution < -0.4 is 11.1 Å². The monoisotopic (exact) mass is 967 g/mol. The first kappa shape index (κ1) is 58.8. The van der Waals surface area contributed by atoms with Crippen molar-refractivity contribution in [2.75, 3.05) is 26.9 Å². The Morgan fingerprint density at radius 1 is 0.735 bits per heavy atom. The molecule has 0 aromatic rings. The van der Waals surface area contributed by atoms with E-state index in [4.69, 9.17) is 29.4 Å². The molecule has 2 fully saturated rings. The lowest BCUT2D eigenvalue weighted by Crippen LogP contribution is -2.59. The summed E-state index contributed by atoms with van der Waals surface area (Å²) in [5.74, 6) is -5.10. The lowest BCUT2D eigenvalue weighted by molar-refractivity contribution is -0.304. The molecule has 19 nitrogen and oxygen atoms in total. The Bertz CT molecular complexity index is 1690. The molecule has 0 spiro atoms. The fourth-order valence-electron chi connectivity index (χ4n) is 8.06. The number of rotatable bonds is 7. The van der Waals surface area contributed by atoms with Crippen LogP contribution in [0.5, 0.6) is 0 Å². The van der Waals surface area contributed by atoms with Gasteiger partial charge in [0.2, 0.25) is 5.91 Å². The van der Waals surface area contributed by atoms with Gasteiger partial charge in [-0.1, -0.05) is 92.0 Å². The minimum absolute atomic E-state index is 0.0909. The average molecular weight is 967 g/mol. The van der Waals surface area contributed by atoms with E-state index in [1.54, 1.807) is 61.6 Å². The zero-order chi connectivity index (χ0) is 50.2. The number of ether oxygens (including phenoxy) is 5. The van der Waals surface area contributed by atoms with E-state index in [0.717, 1.165) is 0 Å². The van der Waals surface area contributed by atoms with Crippen molar-refractivity contribution in [1.29, 1.82) is 0 Å². The van der Waals surface area contributed by atoms with Crippen molar-refractivity contribution < 1.29 is 84.3 Å². The molecule has 0 aliphatic carbocycles. The molecule has 0 saturated carbocycles. The van der Waals surface area contributed by atoms with Gasteiger partial charge in [-0.25, -0.2) is 0 Å². The van der Waals surface area contributed by atoms with Gasteiger partial charge in [-0.05, 0) is 32.6 Å². The third-order valence-corrected chi connectivity index (χ3v) is 11.9. The fraction of sp³-hybridized carbons (Fsp3) is 0.673. The molecule has 3 aliphatic heterocycles. The molecule has 7 unspecified atom stereocenters. The number of methoxy groups -OCH3 is 1. The Morgan fingerprint density at radius 3 is 1.99 bits per heavy atom. The molecule has 0 aromatic carbocycles. The summed E-state index contributed by atoms with van der Waals surface area (Å²) in [6.45, 7) is 3.77. The number of allylic oxidation sites excluding steroid dienone is 12. The number of amides is 1. The van der Waals surface area contributed by atoms with Crippen molar-refractivity contribution in [2.24, 2.45) is 17.6 Å². The number of cyclic esters (lactones) is 1. The van der Waals surface area contributed by atoms with Crippen LogP contribution in [0.2, 0.25) is 0 Å². The molecule has 0 radical (unpaired) electrons. The smallest absolute Gasteiger partial charge is 0.308 e. The highest BCUT2D eigenvalue weighted by molar-refractivity contribution is 5.80. The van der Waals surface area contributed by atoms with Gasteiger partial charge in [0.15, 0.2) is 12.1 Å².